The van der Waals surface area contributed by atoms with Crippen LogP contribution in [0.1, 0.15) is 18.5 Å². The van der Waals surface area contributed by atoms with Crippen LogP contribution in [-0.2, 0) is 4.79 Å². The van der Waals surface area contributed by atoms with Gasteiger partial charge in [-0.25, -0.2) is 0 Å². The Balaban J connectivity index is 1.82. The van der Waals surface area contributed by atoms with E-state index < -0.39 is 0 Å². The highest BCUT2D eigenvalue weighted by Gasteiger charge is 2.13. The van der Waals surface area contributed by atoms with E-state index >= 15 is 0 Å². The maximum Gasteiger partial charge on any atom is 0.230 e. The van der Waals surface area contributed by atoms with Crippen molar-refractivity contribution in [3.05, 3.63) is 47.5 Å². The van der Waals surface area contributed by atoms with Gasteiger partial charge in [0.1, 0.15) is 0 Å². The second-order valence-electron chi connectivity index (χ2n) is 4.64. The molecule has 0 aliphatic carbocycles. The Labute approximate surface area is 148 Å². The van der Waals surface area contributed by atoms with Crippen molar-refractivity contribution >= 4 is 45.7 Å². The number of thioether (sulfide) groups is 1. The van der Waals surface area contributed by atoms with E-state index in [0.29, 0.717) is 11.6 Å². The first-order chi connectivity index (χ1) is 11.1. The molecule has 1 amide bonds. The zero-order valence-corrected chi connectivity index (χ0v) is 15.0. The molecule has 0 saturated carbocycles. The number of nitrogens with zero attached hydrogens (tertiary/aromatic N) is 2. The van der Waals surface area contributed by atoms with Gasteiger partial charge in [-0.3, -0.25) is 4.79 Å². The summed E-state index contributed by atoms with van der Waals surface area (Å²) >= 11 is 8.90. The maximum atomic E-state index is 12.0. The number of hydrogen-bond acceptors (Lipinski definition) is 6. The van der Waals surface area contributed by atoms with Gasteiger partial charge in [0.25, 0.3) is 0 Å². The number of aromatic nitrogens is 2. The van der Waals surface area contributed by atoms with Crippen molar-refractivity contribution in [1.82, 2.24) is 15.5 Å². The minimum Gasteiger partial charge on any atom is -0.357 e. The zero-order chi connectivity index (χ0) is 16.7. The Morgan fingerprint density at radius 2 is 2.26 bits per heavy atom. The summed E-state index contributed by atoms with van der Waals surface area (Å²) in [6.07, 6.45) is 1.75. The third kappa shape index (κ3) is 5.53. The van der Waals surface area contributed by atoms with Crippen LogP contribution in [0.2, 0.25) is 5.02 Å². The standard InChI is InChI=1S/C15H17ClN4OS2/c1-3-8-17-14-19-20-15(23-14)22-9-13(21)18-10(2)11-6-4-5-7-12(11)16/h3-7,10H,1,8-9H2,2H3,(H,17,19)(H,18,21). The van der Waals surface area contributed by atoms with Gasteiger partial charge in [0.05, 0.1) is 11.8 Å². The predicted octanol–water partition coefficient (Wildman–Crippen LogP) is 3.76. The molecular weight excluding hydrogens is 352 g/mol. The van der Waals surface area contributed by atoms with Gasteiger partial charge in [-0.2, -0.15) is 0 Å². The third-order valence-electron chi connectivity index (χ3n) is 2.88. The summed E-state index contributed by atoms with van der Waals surface area (Å²) in [4.78, 5) is 12.0. The lowest BCUT2D eigenvalue weighted by molar-refractivity contribution is -0.119. The first-order valence-corrected chi connectivity index (χ1v) is 9.13. The minimum absolute atomic E-state index is 0.0711. The topological polar surface area (TPSA) is 66.9 Å². The Bertz CT molecular complexity index is 677. The fourth-order valence-corrected chi connectivity index (χ4v) is 3.68. The molecule has 2 N–H and O–H groups in total. The Hall–Kier alpha value is -1.57. The summed E-state index contributed by atoms with van der Waals surface area (Å²) < 4.78 is 0.747. The smallest absolute Gasteiger partial charge is 0.230 e. The summed E-state index contributed by atoms with van der Waals surface area (Å²) in [5, 5.41) is 15.4. The molecule has 2 aromatic rings. The van der Waals surface area contributed by atoms with Gasteiger partial charge in [0.2, 0.25) is 11.0 Å². The van der Waals surface area contributed by atoms with Crippen molar-refractivity contribution in [1.29, 1.82) is 0 Å². The summed E-state index contributed by atoms with van der Waals surface area (Å²) in [5.41, 5.74) is 0.902. The van der Waals surface area contributed by atoms with E-state index in [4.69, 9.17) is 11.6 Å². The van der Waals surface area contributed by atoms with Crippen LogP contribution in [0.4, 0.5) is 5.13 Å². The zero-order valence-electron chi connectivity index (χ0n) is 12.6. The van der Waals surface area contributed by atoms with Crippen molar-refractivity contribution in [2.75, 3.05) is 17.6 Å². The van der Waals surface area contributed by atoms with Crippen LogP contribution < -0.4 is 10.6 Å². The molecule has 0 aliphatic rings. The van der Waals surface area contributed by atoms with Crippen LogP contribution in [0.15, 0.2) is 41.3 Å². The van der Waals surface area contributed by atoms with E-state index in [1.807, 2.05) is 31.2 Å². The van der Waals surface area contributed by atoms with Crippen LogP contribution in [0.5, 0.6) is 0 Å². The fraction of sp³-hybridized carbons (Fsp3) is 0.267. The van der Waals surface area contributed by atoms with Crippen LogP contribution in [-0.4, -0.2) is 28.4 Å². The van der Waals surface area contributed by atoms with Gasteiger partial charge in [-0.15, -0.1) is 16.8 Å². The lowest BCUT2D eigenvalue weighted by Crippen LogP contribution is -2.28. The second-order valence-corrected chi connectivity index (χ2v) is 7.25. The number of halogens is 1. The van der Waals surface area contributed by atoms with Crippen molar-refractivity contribution in [2.45, 2.75) is 17.3 Å². The molecule has 0 aliphatic heterocycles. The molecule has 8 heteroatoms. The number of nitrogens with one attached hydrogen (secondary N) is 2. The highest BCUT2D eigenvalue weighted by atomic mass is 35.5. The Kier molecular flexibility index (Phi) is 6.88. The van der Waals surface area contributed by atoms with Crippen molar-refractivity contribution in [2.24, 2.45) is 0 Å². The van der Waals surface area contributed by atoms with E-state index in [0.717, 1.165) is 15.0 Å². The summed E-state index contributed by atoms with van der Waals surface area (Å²) in [7, 11) is 0. The Morgan fingerprint density at radius 3 is 3.00 bits per heavy atom. The molecule has 2 rings (SSSR count). The first-order valence-electron chi connectivity index (χ1n) is 6.95. The van der Waals surface area contributed by atoms with Gasteiger partial charge in [-0.05, 0) is 18.6 Å². The fourth-order valence-electron chi connectivity index (χ4n) is 1.81. The third-order valence-corrected chi connectivity index (χ3v) is 5.24. The van der Waals surface area contributed by atoms with Gasteiger partial charge >= 0.3 is 0 Å². The monoisotopic (exact) mass is 368 g/mol. The van der Waals surface area contributed by atoms with Crippen molar-refractivity contribution in [3.8, 4) is 0 Å². The lowest BCUT2D eigenvalue weighted by atomic mass is 10.1. The summed E-state index contributed by atoms with van der Waals surface area (Å²) in [5.74, 6) is 0.212. The average Bonchev–Trinajstić information content (AvgIpc) is 2.99. The van der Waals surface area contributed by atoms with Crippen molar-refractivity contribution in [3.63, 3.8) is 0 Å². The summed E-state index contributed by atoms with van der Waals surface area (Å²) in [6.45, 7) is 6.17. The molecule has 0 bridgehead atoms. The number of rotatable bonds is 8. The molecule has 5 nitrogen and oxygen atoms in total. The molecule has 1 atom stereocenters. The maximum absolute atomic E-state index is 12.0. The SMILES string of the molecule is C=CCNc1nnc(SCC(=O)NC(C)c2ccccc2Cl)s1. The first kappa shape index (κ1) is 17.8. The molecule has 0 radical (unpaired) electrons. The molecule has 122 valence electrons. The average molecular weight is 369 g/mol. The van der Waals surface area contributed by atoms with E-state index in [1.165, 1.54) is 23.1 Å². The van der Waals surface area contributed by atoms with E-state index in [-0.39, 0.29) is 17.7 Å². The van der Waals surface area contributed by atoms with Gasteiger partial charge in [0, 0.05) is 11.6 Å². The van der Waals surface area contributed by atoms with Gasteiger partial charge in [-0.1, -0.05) is 59.0 Å². The highest BCUT2D eigenvalue weighted by molar-refractivity contribution is 8.01. The number of anilines is 1. The van der Waals surface area contributed by atoms with Crippen LogP contribution in [0, 0.1) is 0 Å². The van der Waals surface area contributed by atoms with E-state index in [1.54, 1.807) is 6.08 Å². The van der Waals surface area contributed by atoms with Crippen LogP contribution >= 0.6 is 34.7 Å². The highest BCUT2D eigenvalue weighted by Crippen LogP contribution is 2.26. The molecular formula is C15H17ClN4OS2. The lowest BCUT2D eigenvalue weighted by Gasteiger charge is -2.15. The molecule has 0 spiro atoms. The molecule has 23 heavy (non-hydrogen) atoms. The van der Waals surface area contributed by atoms with E-state index in [2.05, 4.69) is 27.4 Å². The van der Waals surface area contributed by atoms with Crippen LogP contribution in [0.3, 0.4) is 0 Å². The number of carbonyl (C=O) groups is 1. The Morgan fingerprint density at radius 1 is 1.48 bits per heavy atom. The molecule has 0 fully saturated rings. The normalized spacial score (nSPS) is 11.7. The molecule has 1 unspecified atom stereocenters. The van der Waals surface area contributed by atoms with Crippen LogP contribution in [0.25, 0.3) is 0 Å². The number of amides is 1. The molecule has 0 saturated heterocycles. The number of benzene rings is 1. The largest absolute Gasteiger partial charge is 0.357 e. The molecule has 1 aromatic carbocycles. The van der Waals surface area contributed by atoms with Gasteiger partial charge in [0.15, 0.2) is 4.34 Å². The second kappa shape index (κ2) is 8.90. The van der Waals surface area contributed by atoms with Crippen molar-refractivity contribution < 1.29 is 4.79 Å². The quantitative estimate of drug-likeness (QED) is 0.548. The van der Waals surface area contributed by atoms with Gasteiger partial charge < -0.3 is 10.6 Å². The summed E-state index contributed by atoms with van der Waals surface area (Å²) in [6, 6.07) is 7.34. The number of hydrogen-bond donors (Lipinski definition) is 2. The number of carbonyl (C=O) groups excluding carboxylic acids is 1. The molecule has 1 aromatic heterocycles. The minimum atomic E-state index is -0.143. The molecule has 1 heterocycles. The predicted molar refractivity (Wildman–Crippen MR) is 97.3 cm³/mol. The van der Waals surface area contributed by atoms with E-state index in [9.17, 15) is 4.79 Å².